The summed E-state index contributed by atoms with van der Waals surface area (Å²) in [5.74, 6) is 0.187. The van der Waals surface area contributed by atoms with Crippen LogP contribution in [0.15, 0.2) is 73.2 Å². The summed E-state index contributed by atoms with van der Waals surface area (Å²) in [5.41, 5.74) is 2.50. The van der Waals surface area contributed by atoms with Gasteiger partial charge < -0.3 is 10.3 Å². The van der Waals surface area contributed by atoms with E-state index in [2.05, 4.69) is 20.3 Å². The summed E-state index contributed by atoms with van der Waals surface area (Å²) in [7, 11) is 0. The summed E-state index contributed by atoms with van der Waals surface area (Å²) >= 11 is 0. The van der Waals surface area contributed by atoms with Crippen molar-refractivity contribution in [3.8, 4) is 0 Å². The van der Waals surface area contributed by atoms with Gasteiger partial charge in [0.05, 0.1) is 6.04 Å². The van der Waals surface area contributed by atoms with Gasteiger partial charge in [0.1, 0.15) is 5.82 Å². The molecule has 1 unspecified atom stereocenters. The molecule has 24 heavy (non-hydrogen) atoms. The van der Waals surface area contributed by atoms with E-state index in [9.17, 15) is 4.39 Å². The largest absolute Gasteiger partial charge is 0.361 e. The number of aromatic amines is 1. The van der Waals surface area contributed by atoms with Crippen LogP contribution in [-0.4, -0.2) is 15.0 Å². The highest BCUT2D eigenvalue weighted by Crippen LogP contribution is 2.32. The number of hydrogen-bond acceptors (Lipinski definition) is 3. The van der Waals surface area contributed by atoms with Crippen molar-refractivity contribution in [2.45, 2.75) is 6.04 Å². The maximum absolute atomic E-state index is 14.4. The van der Waals surface area contributed by atoms with Crippen molar-refractivity contribution in [1.82, 2.24) is 15.0 Å². The molecule has 0 aliphatic heterocycles. The molecule has 0 aliphatic rings. The van der Waals surface area contributed by atoms with Crippen molar-refractivity contribution in [2.24, 2.45) is 0 Å². The molecule has 0 saturated heterocycles. The lowest BCUT2D eigenvalue weighted by atomic mass is 9.98. The third-order valence-corrected chi connectivity index (χ3v) is 3.99. The van der Waals surface area contributed by atoms with Crippen molar-refractivity contribution < 1.29 is 4.39 Å². The first-order valence-corrected chi connectivity index (χ1v) is 7.67. The normalized spacial score (nSPS) is 12.2. The highest BCUT2D eigenvalue weighted by atomic mass is 19.1. The molecule has 0 fully saturated rings. The van der Waals surface area contributed by atoms with Crippen molar-refractivity contribution in [2.75, 3.05) is 5.32 Å². The number of rotatable bonds is 4. The molecule has 1 atom stereocenters. The van der Waals surface area contributed by atoms with E-state index < -0.39 is 6.04 Å². The van der Waals surface area contributed by atoms with Crippen molar-refractivity contribution in [1.29, 1.82) is 0 Å². The lowest BCUT2D eigenvalue weighted by Gasteiger charge is -2.19. The SMILES string of the molecule is Fc1ccccc1C(Nc1ncccn1)c1c[nH]c2ccccc12. The molecule has 5 heteroatoms. The van der Waals surface area contributed by atoms with E-state index in [1.807, 2.05) is 36.5 Å². The summed E-state index contributed by atoms with van der Waals surface area (Å²) in [6.07, 6.45) is 5.21. The van der Waals surface area contributed by atoms with Crippen LogP contribution in [-0.2, 0) is 0 Å². The quantitative estimate of drug-likeness (QED) is 0.590. The first-order chi connectivity index (χ1) is 11.8. The molecule has 4 nitrogen and oxygen atoms in total. The number of nitrogens with zero attached hydrogens (tertiary/aromatic N) is 2. The summed E-state index contributed by atoms with van der Waals surface area (Å²) in [5, 5.41) is 4.28. The number of aromatic nitrogens is 3. The second-order valence-corrected chi connectivity index (χ2v) is 5.46. The first kappa shape index (κ1) is 14.4. The number of H-pyrrole nitrogens is 1. The molecule has 118 valence electrons. The van der Waals surface area contributed by atoms with Crippen LogP contribution in [0.3, 0.4) is 0 Å². The van der Waals surface area contributed by atoms with E-state index in [4.69, 9.17) is 0 Å². The van der Waals surface area contributed by atoms with Gasteiger partial charge in [-0.2, -0.15) is 0 Å². The van der Waals surface area contributed by atoms with Gasteiger partial charge in [0.25, 0.3) is 0 Å². The van der Waals surface area contributed by atoms with Crippen LogP contribution >= 0.6 is 0 Å². The third kappa shape index (κ3) is 2.60. The van der Waals surface area contributed by atoms with E-state index in [0.29, 0.717) is 11.5 Å². The van der Waals surface area contributed by atoms with Crippen molar-refractivity contribution in [3.05, 3.63) is 90.1 Å². The summed E-state index contributed by atoms with van der Waals surface area (Å²) in [6.45, 7) is 0. The molecule has 4 aromatic rings. The molecule has 0 saturated carbocycles. The molecule has 0 spiro atoms. The summed E-state index contributed by atoms with van der Waals surface area (Å²) < 4.78 is 14.4. The monoisotopic (exact) mass is 318 g/mol. The summed E-state index contributed by atoms with van der Waals surface area (Å²) in [6, 6.07) is 16.0. The summed E-state index contributed by atoms with van der Waals surface area (Å²) in [4.78, 5) is 11.7. The van der Waals surface area contributed by atoms with Crippen molar-refractivity contribution >= 4 is 16.9 Å². The number of para-hydroxylation sites is 1. The van der Waals surface area contributed by atoms with Gasteiger partial charge in [-0.25, -0.2) is 14.4 Å². The number of fused-ring (bicyclic) bond motifs is 1. The molecule has 0 amide bonds. The van der Waals surface area contributed by atoms with Crippen LogP contribution < -0.4 is 5.32 Å². The highest BCUT2D eigenvalue weighted by Gasteiger charge is 2.21. The molecular formula is C19H15FN4. The maximum Gasteiger partial charge on any atom is 0.223 e. The fraction of sp³-hybridized carbons (Fsp3) is 0.0526. The lowest BCUT2D eigenvalue weighted by molar-refractivity contribution is 0.604. The van der Waals surface area contributed by atoms with Gasteiger partial charge in [-0.15, -0.1) is 0 Å². The zero-order chi connectivity index (χ0) is 16.4. The Morgan fingerprint density at radius 2 is 1.62 bits per heavy atom. The Labute approximate surface area is 138 Å². The molecule has 2 heterocycles. The van der Waals surface area contributed by atoms with E-state index in [-0.39, 0.29) is 5.82 Å². The van der Waals surface area contributed by atoms with Gasteiger partial charge >= 0.3 is 0 Å². The molecule has 0 aliphatic carbocycles. The van der Waals surface area contributed by atoms with Gasteiger partial charge in [-0.3, -0.25) is 0 Å². The Kier molecular flexibility index (Phi) is 3.67. The highest BCUT2D eigenvalue weighted by molar-refractivity contribution is 5.84. The third-order valence-electron chi connectivity index (χ3n) is 3.99. The molecular weight excluding hydrogens is 303 g/mol. The molecule has 0 radical (unpaired) electrons. The van der Waals surface area contributed by atoms with Gasteiger partial charge in [0.15, 0.2) is 0 Å². The molecule has 0 bridgehead atoms. The van der Waals surface area contributed by atoms with E-state index >= 15 is 0 Å². The van der Waals surface area contributed by atoms with Crippen LogP contribution in [0.4, 0.5) is 10.3 Å². The van der Waals surface area contributed by atoms with Crippen LogP contribution in [0.25, 0.3) is 10.9 Å². The fourth-order valence-corrected chi connectivity index (χ4v) is 2.87. The zero-order valence-corrected chi connectivity index (χ0v) is 12.8. The second kappa shape index (κ2) is 6.12. The van der Waals surface area contributed by atoms with Crippen molar-refractivity contribution in [3.63, 3.8) is 0 Å². The molecule has 2 aromatic carbocycles. The van der Waals surface area contributed by atoms with Crippen LogP contribution in [0.1, 0.15) is 17.2 Å². The Hall–Kier alpha value is -3.21. The Bertz CT molecular complexity index is 965. The Morgan fingerprint density at radius 3 is 2.46 bits per heavy atom. The molecule has 4 rings (SSSR count). The van der Waals surface area contributed by atoms with Gasteiger partial charge in [-0.1, -0.05) is 36.4 Å². The van der Waals surface area contributed by atoms with Gasteiger partial charge in [0.2, 0.25) is 5.95 Å². The standard InChI is InChI=1S/C19H15FN4/c20-16-8-3-1-7-14(16)18(24-19-21-10-5-11-22-19)15-12-23-17-9-4-2-6-13(15)17/h1-12,18,23H,(H,21,22,24). The van der Waals surface area contributed by atoms with Crippen LogP contribution in [0, 0.1) is 5.82 Å². The minimum atomic E-state index is -0.398. The van der Waals surface area contributed by atoms with Gasteiger partial charge in [-0.05, 0) is 18.2 Å². The Balaban J connectivity index is 1.86. The second-order valence-electron chi connectivity index (χ2n) is 5.46. The van der Waals surface area contributed by atoms with E-state index in [1.165, 1.54) is 6.07 Å². The number of anilines is 1. The van der Waals surface area contributed by atoms with E-state index in [0.717, 1.165) is 16.5 Å². The topological polar surface area (TPSA) is 53.6 Å². The average molecular weight is 318 g/mol. The number of halogens is 1. The predicted molar refractivity (Wildman–Crippen MR) is 92.2 cm³/mol. The number of hydrogen-bond donors (Lipinski definition) is 2. The lowest BCUT2D eigenvalue weighted by Crippen LogP contribution is -2.15. The van der Waals surface area contributed by atoms with Gasteiger partial charge in [0, 0.05) is 40.6 Å². The zero-order valence-electron chi connectivity index (χ0n) is 12.8. The van der Waals surface area contributed by atoms with Crippen LogP contribution in [0.5, 0.6) is 0 Å². The van der Waals surface area contributed by atoms with Crippen LogP contribution in [0.2, 0.25) is 0 Å². The minimum absolute atomic E-state index is 0.267. The first-order valence-electron chi connectivity index (χ1n) is 7.67. The number of benzene rings is 2. The number of nitrogens with one attached hydrogen (secondary N) is 2. The predicted octanol–water partition coefficient (Wildman–Crippen LogP) is 4.30. The smallest absolute Gasteiger partial charge is 0.223 e. The minimum Gasteiger partial charge on any atom is -0.361 e. The Morgan fingerprint density at radius 1 is 0.875 bits per heavy atom. The average Bonchev–Trinajstić information content (AvgIpc) is 3.05. The molecule has 2 aromatic heterocycles. The fourth-order valence-electron chi connectivity index (χ4n) is 2.87. The maximum atomic E-state index is 14.4. The molecule has 2 N–H and O–H groups in total. The van der Waals surface area contributed by atoms with E-state index in [1.54, 1.807) is 30.6 Å².